The summed E-state index contributed by atoms with van der Waals surface area (Å²) >= 11 is 0. The van der Waals surface area contributed by atoms with Crippen molar-refractivity contribution in [2.45, 2.75) is 25.7 Å². The number of fused-ring (bicyclic) bond motifs is 1. The first-order chi connectivity index (χ1) is 7.64. The van der Waals surface area contributed by atoms with Crippen molar-refractivity contribution < 1.29 is 9.53 Å². The zero-order chi connectivity index (χ0) is 11.8. The van der Waals surface area contributed by atoms with Crippen LogP contribution in [0.3, 0.4) is 0 Å². The number of nitrogens with zero attached hydrogens (tertiary/aromatic N) is 1. The third-order valence-corrected chi connectivity index (χ3v) is 3.20. The lowest BCUT2D eigenvalue weighted by Crippen LogP contribution is -2.39. The van der Waals surface area contributed by atoms with Crippen LogP contribution in [0.1, 0.15) is 25.8 Å². The van der Waals surface area contributed by atoms with Gasteiger partial charge in [0.1, 0.15) is 5.41 Å². The van der Waals surface area contributed by atoms with Gasteiger partial charge in [-0.05, 0) is 19.4 Å². The fourth-order valence-corrected chi connectivity index (χ4v) is 2.27. The van der Waals surface area contributed by atoms with Gasteiger partial charge >= 0.3 is 5.97 Å². The summed E-state index contributed by atoms with van der Waals surface area (Å²) in [6.45, 7) is 3.89. The minimum absolute atomic E-state index is 0.238. The number of benzene rings is 1. The van der Waals surface area contributed by atoms with E-state index in [-0.39, 0.29) is 5.97 Å². The van der Waals surface area contributed by atoms with Gasteiger partial charge in [-0.1, -0.05) is 25.1 Å². The van der Waals surface area contributed by atoms with Gasteiger partial charge in [0.25, 0.3) is 0 Å². The molecule has 1 aliphatic heterocycles. The Bertz CT molecular complexity index is 465. The molecule has 3 heteroatoms. The van der Waals surface area contributed by atoms with Gasteiger partial charge in [-0.2, -0.15) is 0 Å². The average molecular weight is 217 g/mol. The molecule has 0 amide bonds. The number of para-hydroxylation sites is 1. The maximum atomic E-state index is 12.0. The molecule has 0 N–H and O–H groups in total. The van der Waals surface area contributed by atoms with Gasteiger partial charge < -0.3 is 4.74 Å². The molecule has 0 aliphatic carbocycles. The van der Waals surface area contributed by atoms with Gasteiger partial charge in [0.05, 0.1) is 12.8 Å². The summed E-state index contributed by atoms with van der Waals surface area (Å²) < 4.78 is 4.91. The molecule has 1 heterocycles. The minimum Gasteiger partial charge on any atom is -0.468 e. The molecule has 0 saturated heterocycles. The first kappa shape index (κ1) is 10.9. The molecule has 0 fully saturated rings. The highest BCUT2D eigenvalue weighted by atomic mass is 16.5. The smallest absolute Gasteiger partial charge is 0.321 e. The fraction of sp³-hybridized carbons (Fsp3) is 0.385. The van der Waals surface area contributed by atoms with Gasteiger partial charge in [0.2, 0.25) is 0 Å². The Kier molecular flexibility index (Phi) is 2.54. The summed E-state index contributed by atoms with van der Waals surface area (Å²) in [6.07, 6.45) is 0.750. The van der Waals surface area contributed by atoms with Crippen LogP contribution in [-0.2, 0) is 14.9 Å². The number of aliphatic imine (C=N–C) groups is 1. The number of methoxy groups -OCH3 is 1. The summed E-state index contributed by atoms with van der Waals surface area (Å²) in [6, 6.07) is 7.73. The third-order valence-electron chi connectivity index (χ3n) is 3.20. The van der Waals surface area contributed by atoms with Crippen molar-refractivity contribution in [3.05, 3.63) is 29.8 Å². The van der Waals surface area contributed by atoms with Gasteiger partial charge in [-0.3, -0.25) is 9.79 Å². The number of ether oxygens (including phenoxy) is 1. The van der Waals surface area contributed by atoms with Crippen LogP contribution in [-0.4, -0.2) is 18.8 Å². The summed E-state index contributed by atoms with van der Waals surface area (Å²) in [7, 11) is 1.42. The van der Waals surface area contributed by atoms with Crippen molar-refractivity contribution in [1.29, 1.82) is 0 Å². The van der Waals surface area contributed by atoms with E-state index in [0.717, 1.165) is 23.4 Å². The van der Waals surface area contributed by atoms with Crippen molar-refractivity contribution in [3.8, 4) is 0 Å². The normalized spacial score (nSPS) is 22.6. The van der Waals surface area contributed by atoms with Crippen LogP contribution < -0.4 is 0 Å². The van der Waals surface area contributed by atoms with E-state index in [0.29, 0.717) is 0 Å². The van der Waals surface area contributed by atoms with Gasteiger partial charge in [0.15, 0.2) is 0 Å². The third kappa shape index (κ3) is 1.28. The van der Waals surface area contributed by atoms with Gasteiger partial charge in [0, 0.05) is 11.3 Å². The largest absolute Gasteiger partial charge is 0.468 e. The lowest BCUT2D eigenvalue weighted by molar-refractivity contribution is -0.144. The van der Waals surface area contributed by atoms with Crippen molar-refractivity contribution in [3.63, 3.8) is 0 Å². The molecule has 0 radical (unpaired) electrons. The lowest BCUT2D eigenvalue weighted by atomic mass is 9.78. The molecule has 1 aromatic carbocycles. The van der Waals surface area contributed by atoms with E-state index in [9.17, 15) is 4.79 Å². The molecule has 0 spiro atoms. The zero-order valence-corrected chi connectivity index (χ0v) is 9.78. The standard InChI is InChI=1S/C13H15NO2/c1-4-11-13(2,12(15)16-3)9-7-5-6-8-10(9)14-11/h5-8H,4H2,1-3H3. The van der Waals surface area contributed by atoms with Crippen LogP contribution >= 0.6 is 0 Å². The highest BCUT2D eigenvalue weighted by molar-refractivity contribution is 6.16. The quantitative estimate of drug-likeness (QED) is 0.714. The topological polar surface area (TPSA) is 38.7 Å². The van der Waals surface area contributed by atoms with Gasteiger partial charge in [-0.25, -0.2) is 0 Å². The molecule has 3 nitrogen and oxygen atoms in total. The monoisotopic (exact) mass is 217 g/mol. The minimum atomic E-state index is -0.708. The molecule has 0 bridgehead atoms. The van der Waals surface area contributed by atoms with Crippen molar-refractivity contribution >= 4 is 17.4 Å². The summed E-state index contributed by atoms with van der Waals surface area (Å²) in [5.41, 5.74) is 1.99. The molecule has 0 aromatic heterocycles. The van der Waals surface area contributed by atoms with E-state index in [1.807, 2.05) is 38.1 Å². The number of esters is 1. The molecular formula is C13H15NO2. The molecule has 16 heavy (non-hydrogen) atoms. The van der Waals surface area contributed by atoms with Crippen LogP contribution in [0.25, 0.3) is 0 Å². The molecule has 1 atom stereocenters. The van der Waals surface area contributed by atoms with E-state index < -0.39 is 5.41 Å². The van der Waals surface area contributed by atoms with Crippen LogP contribution in [0.5, 0.6) is 0 Å². The predicted octanol–water partition coefficient (Wildman–Crippen LogP) is 2.61. The fourth-order valence-electron chi connectivity index (χ4n) is 2.27. The first-order valence-corrected chi connectivity index (χ1v) is 5.40. The molecule has 84 valence electrons. The molecule has 1 aliphatic rings. The molecule has 1 aromatic rings. The zero-order valence-electron chi connectivity index (χ0n) is 9.78. The van der Waals surface area contributed by atoms with Crippen LogP contribution in [0.15, 0.2) is 29.3 Å². The molecule has 1 unspecified atom stereocenters. The number of carbonyl (C=O) groups is 1. The number of rotatable bonds is 2. The molecular weight excluding hydrogens is 202 g/mol. The van der Waals surface area contributed by atoms with Crippen LogP contribution in [0.2, 0.25) is 0 Å². The second kappa shape index (κ2) is 3.74. The Morgan fingerprint density at radius 1 is 1.44 bits per heavy atom. The number of carbonyl (C=O) groups excluding carboxylic acids is 1. The van der Waals surface area contributed by atoms with Gasteiger partial charge in [-0.15, -0.1) is 0 Å². The Balaban J connectivity index is 2.60. The average Bonchev–Trinajstić information content (AvgIpc) is 2.63. The maximum Gasteiger partial charge on any atom is 0.321 e. The summed E-state index contributed by atoms with van der Waals surface area (Å²) in [5.74, 6) is -0.238. The SMILES string of the molecule is CCC1=Nc2ccccc2C1(C)C(=O)OC. The number of hydrogen-bond donors (Lipinski definition) is 0. The van der Waals surface area contributed by atoms with E-state index >= 15 is 0 Å². The van der Waals surface area contributed by atoms with Crippen LogP contribution in [0, 0.1) is 0 Å². The maximum absolute atomic E-state index is 12.0. The summed E-state index contributed by atoms with van der Waals surface area (Å²) in [5, 5.41) is 0. The van der Waals surface area contributed by atoms with E-state index in [1.54, 1.807) is 0 Å². The highest BCUT2D eigenvalue weighted by Gasteiger charge is 2.45. The molecule has 0 saturated carbocycles. The Morgan fingerprint density at radius 3 is 2.75 bits per heavy atom. The van der Waals surface area contributed by atoms with E-state index in [2.05, 4.69) is 4.99 Å². The first-order valence-electron chi connectivity index (χ1n) is 5.40. The van der Waals surface area contributed by atoms with Crippen molar-refractivity contribution in [2.75, 3.05) is 7.11 Å². The predicted molar refractivity (Wildman–Crippen MR) is 63.2 cm³/mol. The Morgan fingerprint density at radius 2 is 2.12 bits per heavy atom. The molecule has 2 rings (SSSR count). The van der Waals surface area contributed by atoms with Crippen LogP contribution in [0.4, 0.5) is 5.69 Å². The lowest BCUT2D eigenvalue weighted by Gasteiger charge is -2.23. The van der Waals surface area contributed by atoms with Crippen molar-refractivity contribution in [1.82, 2.24) is 0 Å². The Labute approximate surface area is 95.2 Å². The second-order valence-electron chi connectivity index (χ2n) is 4.05. The highest BCUT2D eigenvalue weighted by Crippen LogP contribution is 2.41. The van der Waals surface area contributed by atoms with Crippen molar-refractivity contribution in [2.24, 2.45) is 4.99 Å². The number of hydrogen-bond acceptors (Lipinski definition) is 3. The van der Waals surface area contributed by atoms with E-state index in [1.165, 1.54) is 7.11 Å². The second-order valence-corrected chi connectivity index (χ2v) is 4.05. The Hall–Kier alpha value is -1.64. The summed E-state index contributed by atoms with van der Waals surface area (Å²) in [4.78, 5) is 16.5. The van der Waals surface area contributed by atoms with E-state index in [4.69, 9.17) is 4.74 Å².